The molecule has 1 fully saturated rings. The van der Waals surface area contributed by atoms with Crippen LogP contribution in [0, 0.1) is 5.92 Å². The summed E-state index contributed by atoms with van der Waals surface area (Å²) in [5.74, 6) is 1.10. The molecule has 8 nitrogen and oxygen atoms in total. The highest BCUT2D eigenvalue weighted by atomic mass is 16.5. The minimum absolute atomic E-state index is 0.0249. The van der Waals surface area contributed by atoms with E-state index in [1.54, 1.807) is 6.20 Å². The second-order valence-corrected chi connectivity index (χ2v) is 6.39. The van der Waals surface area contributed by atoms with Crippen LogP contribution in [0.2, 0.25) is 0 Å². The Morgan fingerprint density at radius 3 is 2.96 bits per heavy atom. The van der Waals surface area contributed by atoms with E-state index in [4.69, 9.17) is 4.74 Å². The van der Waals surface area contributed by atoms with Gasteiger partial charge in [0.2, 0.25) is 11.8 Å². The Morgan fingerprint density at radius 2 is 2.16 bits per heavy atom. The molecule has 2 aromatic rings. The summed E-state index contributed by atoms with van der Waals surface area (Å²) in [5.41, 5.74) is 1.83. The number of ether oxygens (including phenoxy) is 1. The van der Waals surface area contributed by atoms with Crippen LogP contribution >= 0.6 is 0 Å². The number of benzene rings is 1. The third-order valence-corrected chi connectivity index (χ3v) is 4.54. The molecule has 0 radical (unpaired) electrons. The topological polar surface area (TPSA) is 98.1 Å². The molecule has 0 atom stereocenters. The van der Waals surface area contributed by atoms with E-state index in [0.29, 0.717) is 12.4 Å². The quantitative estimate of drug-likeness (QED) is 0.860. The summed E-state index contributed by atoms with van der Waals surface area (Å²) >= 11 is 0. The lowest BCUT2D eigenvalue weighted by atomic mass is 9.85. The van der Waals surface area contributed by atoms with Crippen molar-refractivity contribution < 1.29 is 14.3 Å². The zero-order valence-corrected chi connectivity index (χ0v) is 13.7. The van der Waals surface area contributed by atoms with Crippen LogP contribution in [-0.2, 0) is 22.6 Å². The van der Waals surface area contributed by atoms with Gasteiger partial charge in [0, 0.05) is 18.0 Å². The number of rotatable bonds is 5. The Balaban J connectivity index is 1.32. The molecular formula is C17H19N5O3. The molecule has 4 rings (SSSR count). The molecule has 2 heterocycles. The molecule has 1 saturated carbocycles. The Morgan fingerprint density at radius 1 is 1.28 bits per heavy atom. The van der Waals surface area contributed by atoms with Crippen LogP contribution in [0.5, 0.6) is 5.75 Å². The molecule has 25 heavy (non-hydrogen) atoms. The summed E-state index contributed by atoms with van der Waals surface area (Å²) in [5, 5.41) is 13.3. The molecule has 0 unspecified atom stereocenters. The fourth-order valence-electron chi connectivity index (χ4n) is 2.94. The predicted molar refractivity (Wildman–Crippen MR) is 90.3 cm³/mol. The maximum absolute atomic E-state index is 12.2. The largest absolute Gasteiger partial charge is 0.493 e. The van der Waals surface area contributed by atoms with Gasteiger partial charge in [-0.1, -0.05) is 11.6 Å². The Labute approximate surface area is 144 Å². The Kier molecular flexibility index (Phi) is 4.09. The van der Waals surface area contributed by atoms with E-state index in [-0.39, 0.29) is 24.3 Å². The molecule has 2 amide bonds. The SMILES string of the molecule is O=C(Cn1cc(NC(=O)C2CCC2)nn1)Nc1ccc2c(c1)CCO2. The third kappa shape index (κ3) is 3.47. The molecule has 130 valence electrons. The molecule has 0 bridgehead atoms. The van der Waals surface area contributed by atoms with Crippen molar-refractivity contribution in [3.63, 3.8) is 0 Å². The van der Waals surface area contributed by atoms with Crippen LogP contribution in [0.1, 0.15) is 24.8 Å². The summed E-state index contributed by atoms with van der Waals surface area (Å²) in [6.07, 6.45) is 5.36. The van der Waals surface area contributed by atoms with Gasteiger partial charge in [-0.3, -0.25) is 9.59 Å². The highest BCUT2D eigenvalue weighted by Crippen LogP contribution is 2.28. The number of carbonyl (C=O) groups is 2. The average molecular weight is 341 g/mol. The number of nitrogens with one attached hydrogen (secondary N) is 2. The van der Waals surface area contributed by atoms with Crippen LogP contribution in [0.25, 0.3) is 0 Å². The fraction of sp³-hybridized carbons (Fsp3) is 0.412. The molecule has 1 aliphatic carbocycles. The van der Waals surface area contributed by atoms with Crippen molar-refractivity contribution in [3.05, 3.63) is 30.0 Å². The van der Waals surface area contributed by atoms with Crippen LogP contribution < -0.4 is 15.4 Å². The molecule has 2 N–H and O–H groups in total. The molecule has 1 aliphatic heterocycles. The first kappa shape index (κ1) is 15.6. The van der Waals surface area contributed by atoms with Crippen molar-refractivity contribution >= 4 is 23.3 Å². The van der Waals surface area contributed by atoms with Crippen molar-refractivity contribution in [1.29, 1.82) is 0 Å². The van der Waals surface area contributed by atoms with E-state index >= 15 is 0 Å². The first-order valence-corrected chi connectivity index (χ1v) is 8.44. The number of hydrogen-bond donors (Lipinski definition) is 2. The highest BCUT2D eigenvalue weighted by molar-refractivity contribution is 5.92. The molecule has 1 aromatic carbocycles. The van der Waals surface area contributed by atoms with Gasteiger partial charge in [-0.05, 0) is 36.6 Å². The lowest BCUT2D eigenvalue weighted by Gasteiger charge is -2.23. The number of carbonyl (C=O) groups excluding carboxylic acids is 2. The fourth-order valence-corrected chi connectivity index (χ4v) is 2.94. The van der Waals surface area contributed by atoms with Gasteiger partial charge in [-0.25, -0.2) is 4.68 Å². The Bertz CT molecular complexity index is 812. The zero-order valence-electron chi connectivity index (χ0n) is 13.7. The summed E-state index contributed by atoms with van der Waals surface area (Å²) in [4.78, 5) is 24.0. The maximum atomic E-state index is 12.2. The molecule has 1 aromatic heterocycles. The second-order valence-electron chi connectivity index (χ2n) is 6.39. The van der Waals surface area contributed by atoms with Gasteiger partial charge >= 0.3 is 0 Å². The van der Waals surface area contributed by atoms with E-state index in [1.807, 2.05) is 18.2 Å². The predicted octanol–water partition coefficient (Wildman–Crippen LogP) is 1.59. The van der Waals surface area contributed by atoms with E-state index in [0.717, 1.165) is 42.7 Å². The average Bonchev–Trinajstić information content (AvgIpc) is 3.14. The van der Waals surface area contributed by atoms with E-state index in [9.17, 15) is 9.59 Å². The van der Waals surface area contributed by atoms with Crippen molar-refractivity contribution in [1.82, 2.24) is 15.0 Å². The zero-order chi connectivity index (χ0) is 17.2. The second kappa shape index (κ2) is 6.54. The van der Waals surface area contributed by atoms with Crippen LogP contribution in [0.4, 0.5) is 11.5 Å². The maximum Gasteiger partial charge on any atom is 0.246 e. The van der Waals surface area contributed by atoms with Gasteiger partial charge in [0.1, 0.15) is 12.3 Å². The van der Waals surface area contributed by atoms with Gasteiger partial charge in [-0.2, -0.15) is 0 Å². The first-order valence-electron chi connectivity index (χ1n) is 8.44. The first-order chi connectivity index (χ1) is 12.2. The van der Waals surface area contributed by atoms with Crippen LogP contribution in [0.3, 0.4) is 0 Å². The number of nitrogens with zero attached hydrogens (tertiary/aromatic N) is 3. The van der Waals surface area contributed by atoms with Crippen molar-refractivity contribution in [2.45, 2.75) is 32.2 Å². The third-order valence-electron chi connectivity index (χ3n) is 4.54. The minimum Gasteiger partial charge on any atom is -0.493 e. The van der Waals surface area contributed by atoms with Gasteiger partial charge in [0.25, 0.3) is 0 Å². The summed E-state index contributed by atoms with van der Waals surface area (Å²) in [6.45, 7) is 0.709. The normalized spacial score (nSPS) is 15.8. The lowest BCUT2D eigenvalue weighted by Crippen LogP contribution is -2.28. The van der Waals surface area contributed by atoms with Crippen molar-refractivity contribution in [3.8, 4) is 5.75 Å². The van der Waals surface area contributed by atoms with Crippen LogP contribution in [0.15, 0.2) is 24.4 Å². The minimum atomic E-state index is -0.208. The molecular weight excluding hydrogens is 322 g/mol. The number of hydrogen-bond acceptors (Lipinski definition) is 5. The monoisotopic (exact) mass is 341 g/mol. The lowest BCUT2D eigenvalue weighted by molar-refractivity contribution is -0.122. The van der Waals surface area contributed by atoms with Crippen LogP contribution in [-0.4, -0.2) is 33.4 Å². The molecule has 0 saturated heterocycles. The van der Waals surface area contributed by atoms with Gasteiger partial charge in [0.05, 0.1) is 12.8 Å². The number of fused-ring (bicyclic) bond motifs is 1. The highest BCUT2D eigenvalue weighted by Gasteiger charge is 2.25. The number of aromatic nitrogens is 3. The number of anilines is 2. The number of amides is 2. The summed E-state index contributed by atoms with van der Waals surface area (Å²) in [7, 11) is 0. The van der Waals surface area contributed by atoms with E-state index < -0.39 is 0 Å². The Hall–Kier alpha value is -2.90. The van der Waals surface area contributed by atoms with E-state index in [2.05, 4.69) is 20.9 Å². The van der Waals surface area contributed by atoms with Crippen molar-refractivity contribution in [2.75, 3.05) is 17.2 Å². The summed E-state index contributed by atoms with van der Waals surface area (Å²) < 4.78 is 6.85. The smallest absolute Gasteiger partial charge is 0.246 e. The summed E-state index contributed by atoms with van der Waals surface area (Å²) in [6, 6.07) is 5.60. The molecule has 0 spiro atoms. The molecule has 8 heteroatoms. The van der Waals surface area contributed by atoms with Gasteiger partial charge in [0.15, 0.2) is 5.82 Å². The van der Waals surface area contributed by atoms with E-state index in [1.165, 1.54) is 4.68 Å². The van der Waals surface area contributed by atoms with Crippen molar-refractivity contribution in [2.24, 2.45) is 5.92 Å². The molecule has 2 aliphatic rings. The van der Waals surface area contributed by atoms with Gasteiger partial charge < -0.3 is 15.4 Å². The standard InChI is InChI=1S/C17H19N5O3/c23-16(18-13-4-5-14-12(8-13)6-7-25-14)10-22-9-15(20-21-22)19-17(24)11-2-1-3-11/h4-5,8-9,11H,1-3,6-7,10H2,(H,18,23)(H,19,24). The van der Waals surface area contributed by atoms with Gasteiger partial charge in [-0.15, -0.1) is 5.10 Å².